The minimum atomic E-state index is -0.465. The molecule has 3 rings (SSSR count). The summed E-state index contributed by atoms with van der Waals surface area (Å²) in [6, 6.07) is 7.68. The van der Waals surface area contributed by atoms with Crippen LogP contribution in [0, 0.1) is 12.8 Å². The van der Waals surface area contributed by atoms with Gasteiger partial charge < -0.3 is 20.3 Å². The molecule has 8 nitrogen and oxygen atoms in total. The number of aryl methyl sites for hydroxylation is 1. The third kappa shape index (κ3) is 8.94. The molecular weight excluding hydrogens is 442 g/mol. The van der Waals surface area contributed by atoms with Crippen LogP contribution in [0.15, 0.2) is 30.6 Å². The normalized spacial score (nSPS) is 13.4. The fourth-order valence-electron chi connectivity index (χ4n) is 3.80. The van der Waals surface area contributed by atoms with Crippen molar-refractivity contribution in [3.8, 4) is 0 Å². The predicted molar refractivity (Wildman–Crippen MR) is 139 cm³/mol. The van der Waals surface area contributed by atoms with Crippen molar-refractivity contribution in [2.75, 3.05) is 29.9 Å². The second-order valence-corrected chi connectivity index (χ2v) is 10.3. The van der Waals surface area contributed by atoms with Crippen molar-refractivity contribution >= 4 is 23.4 Å². The molecule has 0 saturated heterocycles. The van der Waals surface area contributed by atoms with E-state index < -0.39 is 5.60 Å². The Labute approximate surface area is 208 Å². The lowest BCUT2D eigenvalue weighted by atomic mass is 10.1. The van der Waals surface area contributed by atoms with Gasteiger partial charge in [-0.05, 0) is 70.1 Å². The summed E-state index contributed by atoms with van der Waals surface area (Å²) in [5, 5.41) is 6.25. The van der Waals surface area contributed by atoms with Crippen LogP contribution in [-0.4, -0.2) is 47.1 Å². The molecule has 1 amide bonds. The third-order valence-electron chi connectivity index (χ3n) is 5.67. The molecule has 8 heteroatoms. The summed E-state index contributed by atoms with van der Waals surface area (Å²) in [4.78, 5) is 35.6. The molecular formula is C27H39N5O3. The number of carbonyl (C=O) groups excluding carboxylic acids is 2. The van der Waals surface area contributed by atoms with Gasteiger partial charge in [-0.1, -0.05) is 19.1 Å². The Bertz CT molecular complexity index is 1010. The van der Waals surface area contributed by atoms with Gasteiger partial charge in [0, 0.05) is 37.9 Å². The van der Waals surface area contributed by atoms with Gasteiger partial charge in [-0.25, -0.2) is 9.97 Å². The van der Waals surface area contributed by atoms with Crippen molar-refractivity contribution in [3.05, 3.63) is 47.4 Å². The highest BCUT2D eigenvalue weighted by Crippen LogP contribution is 2.31. The van der Waals surface area contributed by atoms with Gasteiger partial charge in [0.2, 0.25) is 0 Å². The zero-order valence-corrected chi connectivity index (χ0v) is 21.7. The van der Waals surface area contributed by atoms with Crippen molar-refractivity contribution in [1.82, 2.24) is 15.3 Å². The molecule has 2 N–H and O–H groups in total. The third-order valence-corrected chi connectivity index (χ3v) is 5.67. The SMILES string of the molecule is CCCN(CC1CC1)c1cc(C(=O)Nc2ccc(CNCCC(=O)OC(C)(C)C)cc2C)ncn1. The van der Waals surface area contributed by atoms with Crippen LogP contribution >= 0.6 is 0 Å². The molecule has 1 aliphatic carbocycles. The van der Waals surface area contributed by atoms with E-state index >= 15 is 0 Å². The minimum absolute atomic E-state index is 0.211. The summed E-state index contributed by atoms with van der Waals surface area (Å²) in [6.07, 6.45) is 5.36. The summed E-state index contributed by atoms with van der Waals surface area (Å²) in [7, 11) is 0. The number of amides is 1. The molecule has 1 aromatic heterocycles. The first-order chi connectivity index (χ1) is 16.6. The van der Waals surface area contributed by atoms with E-state index in [0.29, 0.717) is 25.2 Å². The highest BCUT2D eigenvalue weighted by molar-refractivity contribution is 6.03. The lowest BCUT2D eigenvalue weighted by Gasteiger charge is -2.23. The van der Waals surface area contributed by atoms with Gasteiger partial charge in [0.15, 0.2) is 0 Å². The van der Waals surface area contributed by atoms with Crippen LogP contribution in [0.2, 0.25) is 0 Å². The smallest absolute Gasteiger partial charge is 0.307 e. The summed E-state index contributed by atoms with van der Waals surface area (Å²) >= 11 is 0. The maximum Gasteiger partial charge on any atom is 0.307 e. The monoisotopic (exact) mass is 481 g/mol. The maximum atomic E-state index is 12.9. The fraction of sp³-hybridized carbons (Fsp3) is 0.556. The number of ether oxygens (including phenoxy) is 1. The minimum Gasteiger partial charge on any atom is -0.460 e. The Morgan fingerprint density at radius 3 is 2.60 bits per heavy atom. The number of hydrogen-bond acceptors (Lipinski definition) is 7. The predicted octanol–water partition coefficient (Wildman–Crippen LogP) is 4.49. The first-order valence-corrected chi connectivity index (χ1v) is 12.5. The largest absolute Gasteiger partial charge is 0.460 e. The van der Waals surface area contributed by atoms with Crippen LogP contribution in [0.3, 0.4) is 0 Å². The molecule has 0 aliphatic heterocycles. The van der Waals surface area contributed by atoms with Crippen LogP contribution in [0.25, 0.3) is 0 Å². The van der Waals surface area contributed by atoms with Crippen LogP contribution < -0.4 is 15.5 Å². The number of benzene rings is 1. The van der Waals surface area contributed by atoms with Crippen LogP contribution in [0.1, 0.15) is 75.0 Å². The first kappa shape index (κ1) is 26.6. The molecule has 35 heavy (non-hydrogen) atoms. The molecule has 190 valence electrons. The second-order valence-electron chi connectivity index (χ2n) is 10.3. The zero-order chi connectivity index (χ0) is 25.4. The van der Waals surface area contributed by atoms with Gasteiger partial charge >= 0.3 is 5.97 Å². The zero-order valence-electron chi connectivity index (χ0n) is 21.7. The maximum absolute atomic E-state index is 12.9. The van der Waals surface area contributed by atoms with Gasteiger partial charge in [-0.2, -0.15) is 0 Å². The summed E-state index contributed by atoms with van der Waals surface area (Å²) in [5.74, 6) is 1.09. The molecule has 1 saturated carbocycles. The topological polar surface area (TPSA) is 96.5 Å². The molecule has 0 unspecified atom stereocenters. The van der Waals surface area contributed by atoms with Crippen molar-refractivity contribution in [2.45, 2.75) is 72.4 Å². The Morgan fingerprint density at radius 2 is 1.94 bits per heavy atom. The van der Waals surface area contributed by atoms with Gasteiger partial charge in [0.25, 0.3) is 5.91 Å². The first-order valence-electron chi connectivity index (χ1n) is 12.5. The van der Waals surface area contributed by atoms with E-state index in [1.54, 1.807) is 6.07 Å². The molecule has 0 atom stereocenters. The van der Waals surface area contributed by atoms with E-state index in [1.807, 2.05) is 45.9 Å². The number of anilines is 2. The van der Waals surface area contributed by atoms with Crippen LogP contribution in [0.4, 0.5) is 11.5 Å². The van der Waals surface area contributed by atoms with Crippen molar-refractivity contribution in [3.63, 3.8) is 0 Å². The number of hydrogen-bond donors (Lipinski definition) is 2. The number of nitrogens with zero attached hydrogens (tertiary/aromatic N) is 3. The van der Waals surface area contributed by atoms with Crippen molar-refractivity contribution < 1.29 is 14.3 Å². The highest BCUT2D eigenvalue weighted by atomic mass is 16.6. The molecule has 1 fully saturated rings. The summed E-state index contributed by atoms with van der Waals surface area (Å²) in [6.45, 7) is 12.8. The summed E-state index contributed by atoms with van der Waals surface area (Å²) in [5.41, 5.74) is 2.67. The second kappa shape index (κ2) is 12.1. The van der Waals surface area contributed by atoms with E-state index in [4.69, 9.17) is 4.74 Å². The van der Waals surface area contributed by atoms with E-state index in [-0.39, 0.29) is 11.9 Å². The average molecular weight is 482 g/mol. The molecule has 1 aliphatic rings. The lowest BCUT2D eigenvalue weighted by Crippen LogP contribution is -2.28. The molecule has 1 aromatic carbocycles. The number of rotatable bonds is 12. The molecule has 1 heterocycles. The lowest BCUT2D eigenvalue weighted by molar-refractivity contribution is -0.154. The molecule has 0 radical (unpaired) electrons. The number of carbonyl (C=O) groups is 2. The number of esters is 1. The van der Waals surface area contributed by atoms with Crippen LogP contribution in [0.5, 0.6) is 0 Å². The Balaban J connectivity index is 1.54. The standard InChI is InChI=1S/C27H39N5O3/c1-6-13-32(17-20-7-8-20)24-15-23(29-18-30-24)26(34)31-22-10-9-21(14-19(22)2)16-28-12-11-25(33)35-27(3,4)5/h9-10,14-15,18,20,28H,6-8,11-13,16-17H2,1-5H3,(H,31,34). The molecule has 0 bridgehead atoms. The Kier molecular flexibility index (Phi) is 9.20. The fourth-order valence-corrected chi connectivity index (χ4v) is 3.80. The number of nitrogens with one attached hydrogen (secondary N) is 2. The quantitative estimate of drug-likeness (QED) is 0.341. The van der Waals surface area contributed by atoms with Gasteiger partial charge in [0.1, 0.15) is 23.4 Å². The highest BCUT2D eigenvalue weighted by Gasteiger charge is 2.25. The van der Waals surface area contributed by atoms with Crippen molar-refractivity contribution in [2.24, 2.45) is 5.92 Å². The molecule has 2 aromatic rings. The van der Waals surface area contributed by atoms with E-state index in [2.05, 4.69) is 32.4 Å². The van der Waals surface area contributed by atoms with Crippen LogP contribution in [-0.2, 0) is 16.1 Å². The van der Waals surface area contributed by atoms with Gasteiger partial charge in [-0.15, -0.1) is 0 Å². The molecule has 0 spiro atoms. The summed E-state index contributed by atoms with van der Waals surface area (Å²) < 4.78 is 5.32. The van der Waals surface area contributed by atoms with Crippen molar-refractivity contribution in [1.29, 1.82) is 0 Å². The van der Waals surface area contributed by atoms with Gasteiger partial charge in [-0.3, -0.25) is 9.59 Å². The van der Waals surface area contributed by atoms with E-state index in [1.165, 1.54) is 19.2 Å². The Morgan fingerprint density at radius 1 is 1.17 bits per heavy atom. The Hall–Kier alpha value is -3.00. The average Bonchev–Trinajstić information content (AvgIpc) is 3.61. The van der Waals surface area contributed by atoms with E-state index in [0.717, 1.165) is 48.1 Å². The van der Waals surface area contributed by atoms with Gasteiger partial charge in [0.05, 0.1) is 6.42 Å². The van der Waals surface area contributed by atoms with E-state index in [9.17, 15) is 9.59 Å². The number of aromatic nitrogens is 2.